The minimum absolute atomic E-state index is 0.531. The van der Waals surface area contributed by atoms with Gasteiger partial charge in [-0.1, -0.05) is 19.9 Å². The van der Waals surface area contributed by atoms with Crippen molar-refractivity contribution in [2.75, 3.05) is 0 Å². The Morgan fingerprint density at radius 3 is 2.81 bits per heavy atom. The molecule has 2 rings (SSSR count). The molecular formula is C14H22N2. The normalized spacial score (nSPS) is 23.6. The highest BCUT2D eigenvalue weighted by Crippen LogP contribution is 2.36. The molecule has 1 aromatic heterocycles. The molecule has 0 saturated heterocycles. The minimum atomic E-state index is 0.531. The highest BCUT2D eigenvalue weighted by atomic mass is 14.9. The van der Waals surface area contributed by atoms with Crippen LogP contribution < -0.4 is 5.32 Å². The summed E-state index contributed by atoms with van der Waals surface area (Å²) in [5.41, 5.74) is 2.91. The second-order valence-electron chi connectivity index (χ2n) is 5.79. The zero-order valence-electron chi connectivity index (χ0n) is 10.6. The first-order chi connectivity index (χ1) is 7.55. The van der Waals surface area contributed by atoms with Crippen molar-refractivity contribution in [3.63, 3.8) is 0 Å². The van der Waals surface area contributed by atoms with Crippen LogP contribution in [0.5, 0.6) is 0 Å². The molecule has 0 bridgehead atoms. The summed E-state index contributed by atoms with van der Waals surface area (Å²) in [6.07, 6.45) is 5.93. The van der Waals surface area contributed by atoms with Crippen molar-refractivity contribution in [2.24, 2.45) is 5.41 Å². The van der Waals surface area contributed by atoms with Crippen LogP contribution in [-0.2, 0) is 6.54 Å². The number of rotatable bonds is 3. The summed E-state index contributed by atoms with van der Waals surface area (Å²) in [6.45, 7) is 7.70. The fraction of sp³-hybridized carbons (Fsp3) is 0.643. The lowest BCUT2D eigenvalue weighted by atomic mass is 9.92. The number of hydrogen-bond acceptors (Lipinski definition) is 2. The van der Waals surface area contributed by atoms with Gasteiger partial charge in [0.05, 0.1) is 0 Å². The van der Waals surface area contributed by atoms with Crippen LogP contribution >= 0.6 is 0 Å². The maximum absolute atomic E-state index is 4.31. The average Bonchev–Trinajstić information content (AvgIpc) is 2.58. The SMILES string of the molecule is Cc1ccc(CNC2CCC(C)(C)C2)cn1. The van der Waals surface area contributed by atoms with E-state index in [9.17, 15) is 0 Å². The highest BCUT2D eigenvalue weighted by molar-refractivity contribution is 5.13. The summed E-state index contributed by atoms with van der Waals surface area (Å²) in [7, 11) is 0. The zero-order valence-corrected chi connectivity index (χ0v) is 10.6. The van der Waals surface area contributed by atoms with Gasteiger partial charge in [0.1, 0.15) is 0 Å². The summed E-state index contributed by atoms with van der Waals surface area (Å²) in [6, 6.07) is 4.93. The van der Waals surface area contributed by atoms with E-state index < -0.39 is 0 Å². The van der Waals surface area contributed by atoms with Gasteiger partial charge in [-0.3, -0.25) is 4.98 Å². The quantitative estimate of drug-likeness (QED) is 0.843. The first-order valence-electron chi connectivity index (χ1n) is 6.20. The standard InChI is InChI=1S/C14H22N2/c1-11-4-5-12(9-15-11)10-16-13-6-7-14(2,3)8-13/h4-5,9,13,16H,6-8,10H2,1-3H3. The fourth-order valence-electron chi connectivity index (χ4n) is 2.48. The summed E-state index contributed by atoms with van der Waals surface area (Å²) < 4.78 is 0. The van der Waals surface area contributed by atoms with Gasteiger partial charge in [0.25, 0.3) is 0 Å². The molecule has 2 heteroatoms. The van der Waals surface area contributed by atoms with Crippen LogP contribution in [0.25, 0.3) is 0 Å². The second-order valence-corrected chi connectivity index (χ2v) is 5.79. The van der Waals surface area contributed by atoms with E-state index in [0.29, 0.717) is 11.5 Å². The molecule has 1 atom stereocenters. The van der Waals surface area contributed by atoms with Crippen LogP contribution in [0.4, 0.5) is 0 Å². The van der Waals surface area contributed by atoms with Crippen molar-refractivity contribution < 1.29 is 0 Å². The molecular weight excluding hydrogens is 196 g/mol. The largest absolute Gasteiger partial charge is 0.310 e. The third kappa shape index (κ3) is 3.05. The van der Waals surface area contributed by atoms with Crippen molar-refractivity contribution in [3.05, 3.63) is 29.6 Å². The van der Waals surface area contributed by atoms with Crippen LogP contribution in [0.3, 0.4) is 0 Å². The molecule has 0 radical (unpaired) electrons. The lowest BCUT2D eigenvalue weighted by Gasteiger charge is -2.17. The smallest absolute Gasteiger partial charge is 0.0372 e. The van der Waals surface area contributed by atoms with E-state index in [1.54, 1.807) is 0 Å². The number of aromatic nitrogens is 1. The van der Waals surface area contributed by atoms with Crippen LogP contribution in [0.15, 0.2) is 18.3 Å². The summed E-state index contributed by atoms with van der Waals surface area (Å²) in [5, 5.41) is 3.63. The molecule has 0 amide bonds. The maximum Gasteiger partial charge on any atom is 0.0372 e. The Morgan fingerprint density at radius 1 is 1.44 bits per heavy atom. The Hall–Kier alpha value is -0.890. The third-order valence-electron chi connectivity index (χ3n) is 3.54. The van der Waals surface area contributed by atoms with E-state index in [4.69, 9.17) is 0 Å². The van der Waals surface area contributed by atoms with Gasteiger partial charge in [0.15, 0.2) is 0 Å². The first kappa shape index (κ1) is 11.6. The molecule has 1 fully saturated rings. The Kier molecular flexibility index (Phi) is 3.29. The van der Waals surface area contributed by atoms with Gasteiger partial charge >= 0.3 is 0 Å². The molecule has 2 nitrogen and oxygen atoms in total. The monoisotopic (exact) mass is 218 g/mol. The van der Waals surface area contributed by atoms with Crippen molar-refractivity contribution in [1.29, 1.82) is 0 Å². The van der Waals surface area contributed by atoms with E-state index in [2.05, 4.69) is 36.3 Å². The molecule has 1 aromatic rings. The average molecular weight is 218 g/mol. The Morgan fingerprint density at radius 2 is 2.25 bits per heavy atom. The van der Waals surface area contributed by atoms with Gasteiger partial charge in [-0.05, 0) is 43.2 Å². The third-order valence-corrected chi connectivity index (χ3v) is 3.54. The molecule has 1 N–H and O–H groups in total. The summed E-state index contributed by atoms with van der Waals surface area (Å²) >= 11 is 0. The van der Waals surface area contributed by atoms with Crippen LogP contribution in [0.2, 0.25) is 0 Å². The Labute approximate surface area is 98.5 Å². The van der Waals surface area contributed by atoms with Crippen LogP contribution in [0.1, 0.15) is 44.4 Å². The molecule has 0 spiro atoms. The van der Waals surface area contributed by atoms with Gasteiger partial charge in [-0.2, -0.15) is 0 Å². The molecule has 0 aliphatic heterocycles. The fourth-order valence-corrected chi connectivity index (χ4v) is 2.48. The van der Waals surface area contributed by atoms with E-state index in [0.717, 1.165) is 12.2 Å². The number of aryl methyl sites for hydroxylation is 1. The number of nitrogens with one attached hydrogen (secondary N) is 1. The predicted octanol–water partition coefficient (Wildman–Crippen LogP) is 3.06. The van der Waals surface area contributed by atoms with Gasteiger partial charge < -0.3 is 5.32 Å². The molecule has 1 aliphatic rings. The molecule has 0 aromatic carbocycles. The molecule has 1 aliphatic carbocycles. The van der Waals surface area contributed by atoms with Gasteiger partial charge in [0, 0.05) is 24.5 Å². The molecule has 1 saturated carbocycles. The molecule has 16 heavy (non-hydrogen) atoms. The van der Waals surface area contributed by atoms with E-state index in [1.807, 2.05) is 13.1 Å². The topological polar surface area (TPSA) is 24.9 Å². The predicted molar refractivity (Wildman–Crippen MR) is 67.2 cm³/mol. The molecule has 1 heterocycles. The minimum Gasteiger partial charge on any atom is -0.310 e. The zero-order chi connectivity index (χ0) is 11.6. The van der Waals surface area contributed by atoms with Crippen molar-refractivity contribution >= 4 is 0 Å². The Balaban J connectivity index is 1.82. The number of pyridine rings is 1. The van der Waals surface area contributed by atoms with E-state index in [1.165, 1.54) is 24.8 Å². The second kappa shape index (κ2) is 4.54. The van der Waals surface area contributed by atoms with E-state index in [-0.39, 0.29) is 0 Å². The maximum atomic E-state index is 4.31. The van der Waals surface area contributed by atoms with Crippen molar-refractivity contribution in [2.45, 2.75) is 52.6 Å². The van der Waals surface area contributed by atoms with Crippen molar-refractivity contribution in [1.82, 2.24) is 10.3 Å². The number of hydrogen-bond donors (Lipinski definition) is 1. The van der Waals surface area contributed by atoms with Crippen LogP contribution in [-0.4, -0.2) is 11.0 Å². The highest BCUT2D eigenvalue weighted by Gasteiger charge is 2.30. The van der Waals surface area contributed by atoms with Gasteiger partial charge in [-0.15, -0.1) is 0 Å². The van der Waals surface area contributed by atoms with Crippen molar-refractivity contribution in [3.8, 4) is 0 Å². The first-order valence-corrected chi connectivity index (χ1v) is 6.20. The lowest BCUT2D eigenvalue weighted by Crippen LogP contribution is -2.26. The molecule has 1 unspecified atom stereocenters. The van der Waals surface area contributed by atoms with Crippen LogP contribution in [0, 0.1) is 12.3 Å². The number of nitrogens with zero attached hydrogens (tertiary/aromatic N) is 1. The van der Waals surface area contributed by atoms with Gasteiger partial charge in [0.2, 0.25) is 0 Å². The summed E-state index contributed by atoms with van der Waals surface area (Å²) in [5.74, 6) is 0. The molecule has 88 valence electrons. The Bertz CT molecular complexity index is 340. The van der Waals surface area contributed by atoms with Gasteiger partial charge in [-0.25, -0.2) is 0 Å². The lowest BCUT2D eigenvalue weighted by molar-refractivity contribution is 0.364. The van der Waals surface area contributed by atoms with E-state index >= 15 is 0 Å². The summed E-state index contributed by atoms with van der Waals surface area (Å²) in [4.78, 5) is 4.31.